The Balaban J connectivity index is 1.26. The van der Waals surface area contributed by atoms with E-state index in [2.05, 4.69) is 29.5 Å². The Hall–Kier alpha value is -2.05. The molecule has 0 unspecified atom stereocenters. The molecular weight excluding hydrogens is 336 g/mol. The van der Waals surface area contributed by atoms with Crippen LogP contribution in [0.2, 0.25) is 0 Å². The van der Waals surface area contributed by atoms with Crippen LogP contribution in [0.5, 0.6) is 11.5 Å². The van der Waals surface area contributed by atoms with E-state index in [-0.39, 0.29) is 12.7 Å². The molecule has 132 valence electrons. The van der Waals surface area contributed by atoms with Gasteiger partial charge in [-0.25, -0.2) is 0 Å². The number of hydrogen-bond donors (Lipinski definition) is 0. The fourth-order valence-electron chi connectivity index (χ4n) is 3.34. The summed E-state index contributed by atoms with van der Waals surface area (Å²) in [6, 6.07) is 8.06. The molecule has 1 aromatic carbocycles. The van der Waals surface area contributed by atoms with Crippen LogP contribution in [-0.2, 0) is 13.0 Å². The first-order chi connectivity index (χ1) is 12.2. The molecule has 0 saturated carbocycles. The number of fused-ring (bicyclic) bond motifs is 2. The van der Waals surface area contributed by atoms with Gasteiger partial charge in [-0.15, -0.1) is 11.3 Å². The van der Waals surface area contributed by atoms with E-state index in [4.69, 9.17) is 9.47 Å². The highest BCUT2D eigenvalue weighted by Crippen LogP contribution is 2.38. The fraction of sp³-hybridized carbons (Fsp3) is 0.421. The van der Waals surface area contributed by atoms with E-state index < -0.39 is 0 Å². The van der Waals surface area contributed by atoms with Gasteiger partial charge in [0.15, 0.2) is 11.5 Å². The molecule has 2 aliphatic rings. The second kappa shape index (κ2) is 7.06. The highest BCUT2D eigenvalue weighted by atomic mass is 32.1. The zero-order chi connectivity index (χ0) is 17.2. The van der Waals surface area contributed by atoms with Gasteiger partial charge in [-0.2, -0.15) is 0 Å². The van der Waals surface area contributed by atoms with Crippen molar-refractivity contribution in [3.8, 4) is 11.5 Å². The van der Waals surface area contributed by atoms with Crippen LogP contribution in [0, 0.1) is 0 Å². The molecule has 2 aromatic rings. The van der Waals surface area contributed by atoms with Gasteiger partial charge < -0.3 is 19.3 Å². The summed E-state index contributed by atoms with van der Waals surface area (Å²) in [5.41, 5.74) is 1.80. The molecule has 6 heteroatoms. The quantitative estimate of drug-likeness (QED) is 0.763. The molecule has 2 aliphatic heterocycles. The fourth-order valence-corrected chi connectivity index (χ4v) is 4.04. The normalized spacial score (nSPS) is 15.3. The lowest BCUT2D eigenvalue weighted by molar-refractivity contribution is 0.0771. The van der Waals surface area contributed by atoms with Gasteiger partial charge in [-0.3, -0.25) is 4.79 Å². The van der Waals surface area contributed by atoms with Gasteiger partial charge in [0.1, 0.15) is 0 Å². The van der Waals surface area contributed by atoms with Crippen LogP contribution in [0.1, 0.15) is 27.2 Å². The van der Waals surface area contributed by atoms with Crippen LogP contribution in [0.15, 0.2) is 29.6 Å². The molecule has 0 fully saturated rings. The van der Waals surface area contributed by atoms with E-state index >= 15 is 0 Å². The molecule has 1 aromatic heterocycles. The first kappa shape index (κ1) is 16.4. The predicted molar refractivity (Wildman–Crippen MR) is 97.4 cm³/mol. The number of hydrogen-bond acceptors (Lipinski definition) is 5. The van der Waals surface area contributed by atoms with Crippen molar-refractivity contribution in [1.29, 1.82) is 0 Å². The summed E-state index contributed by atoms with van der Waals surface area (Å²) < 4.78 is 10.8. The summed E-state index contributed by atoms with van der Waals surface area (Å²) >= 11 is 1.81. The number of carbonyl (C=O) groups excluding carboxylic acids is 1. The minimum absolute atomic E-state index is 0.106. The standard InChI is InChI=1S/C19H22N2O3S/c1-20(8-5-15-4-2-9-25-15)6-3-7-21-12-14-10-17-18(24-13-23-17)11-16(14)19(21)22/h2,4,9-11H,3,5-8,12-13H2,1H3. The summed E-state index contributed by atoms with van der Waals surface area (Å²) in [6.45, 7) is 3.74. The van der Waals surface area contributed by atoms with Gasteiger partial charge >= 0.3 is 0 Å². The maximum absolute atomic E-state index is 12.6. The summed E-state index contributed by atoms with van der Waals surface area (Å²) in [5.74, 6) is 1.54. The topological polar surface area (TPSA) is 42.0 Å². The zero-order valence-corrected chi connectivity index (χ0v) is 15.2. The van der Waals surface area contributed by atoms with Crippen LogP contribution < -0.4 is 9.47 Å². The molecule has 25 heavy (non-hydrogen) atoms. The predicted octanol–water partition coefficient (Wildman–Crippen LogP) is 3.00. The van der Waals surface area contributed by atoms with E-state index in [0.717, 1.165) is 49.4 Å². The minimum Gasteiger partial charge on any atom is -0.454 e. The second-order valence-corrected chi connectivity index (χ2v) is 7.61. The van der Waals surface area contributed by atoms with E-state index in [1.54, 1.807) is 0 Å². The van der Waals surface area contributed by atoms with Gasteiger partial charge in [0, 0.05) is 30.1 Å². The first-order valence-electron chi connectivity index (χ1n) is 8.63. The number of rotatable bonds is 7. The maximum atomic E-state index is 12.6. The molecule has 0 bridgehead atoms. The number of ether oxygens (including phenoxy) is 2. The third-order valence-corrected chi connectivity index (χ3v) is 5.70. The van der Waals surface area contributed by atoms with Crippen molar-refractivity contribution in [2.75, 3.05) is 33.5 Å². The van der Waals surface area contributed by atoms with E-state index in [9.17, 15) is 4.79 Å². The average Bonchev–Trinajstić information content (AvgIpc) is 3.33. The zero-order valence-electron chi connectivity index (χ0n) is 14.4. The highest BCUT2D eigenvalue weighted by Gasteiger charge is 2.30. The lowest BCUT2D eigenvalue weighted by Crippen LogP contribution is -2.29. The number of carbonyl (C=O) groups is 1. The van der Waals surface area contributed by atoms with Crippen LogP contribution in [0.25, 0.3) is 0 Å². The smallest absolute Gasteiger partial charge is 0.254 e. The Morgan fingerprint density at radius 3 is 2.88 bits per heavy atom. The Kier molecular flexibility index (Phi) is 4.63. The monoisotopic (exact) mass is 358 g/mol. The number of benzene rings is 1. The van der Waals surface area contributed by atoms with Crippen LogP contribution in [0.3, 0.4) is 0 Å². The molecule has 5 nitrogen and oxygen atoms in total. The van der Waals surface area contributed by atoms with Gasteiger partial charge in [0.25, 0.3) is 5.91 Å². The van der Waals surface area contributed by atoms with Crippen LogP contribution in [-0.4, -0.2) is 49.2 Å². The Morgan fingerprint density at radius 2 is 2.08 bits per heavy atom. The third kappa shape index (κ3) is 3.50. The van der Waals surface area contributed by atoms with Gasteiger partial charge in [-0.1, -0.05) is 6.07 Å². The van der Waals surface area contributed by atoms with Crippen molar-refractivity contribution in [1.82, 2.24) is 9.80 Å². The molecule has 0 aliphatic carbocycles. The van der Waals surface area contributed by atoms with E-state index in [1.165, 1.54) is 4.88 Å². The lowest BCUT2D eigenvalue weighted by atomic mass is 10.1. The SMILES string of the molecule is CN(CCCN1Cc2cc3c(cc2C1=O)OCO3)CCc1cccs1. The Bertz CT molecular complexity index is 760. The van der Waals surface area contributed by atoms with Gasteiger partial charge in [-0.05, 0) is 55.6 Å². The van der Waals surface area contributed by atoms with Crippen molar-refractivity contribution in [3.05, 3.63) is 45.6 Å². The number of nitrogens with zero attached hydrogens (tertiary/aromatic N) is 2. The molecule has 0 atom stereocenters. The van der Waals surface area contributed by atoms with E-state index in [0.29, 0.717) is 12.3 Å². The minimum atomic E-state index is 0.106. The van der Waals surface area contributed by atoms with Gasteiger partial charge in [0.2, 0.25) is 6.79 Å². The Morgan fingerprint density at radius 1 is 1.24 bits per heavy atom. The lowest BCUT2D eigenvalue weighted by Gasteiger charge is -2.19. The molecular formula is C19H22N2O3S. The molecule has 0 saturated heterocycles. The summed E-state index contributed by atoms with van der Waals surface area (Å²) in [7, 11) is 2.15. The van der Waals surface area contributed by atoms with Crippen molar-refractivity contribution in [3.63, 3.8) is 0 Å². The summed E-state index contributed by atoms with van der Waals surface area (Å²) in [6.07, 6.45) is 2.07. The number of amides is 1. The van der Waals surface area contributed by atoms with E-state index in [1.807, 2.05) is 28.4 Å². The van der Waals surface area contributed by atoms with Crippen LogP contribution in [0.4, 0.5) is 0 Å². The molecule has 4 rings (SSSR count). The number of likely N-dealkylation sites (N-methyl/N-ethyl adjacent to an activating group) is 1. The van der Waals surface area contributed by atoms with Crippen molar-refractivity contribution >= 4 is 17.2 Å². The van der Waals surface area contributed by atoms with Crippen LogP contribution >= 0.6 is 11.3 Å². The largest absolute Gasteiger partial charge is 0.454 e. The molecule has 1 amide bonds. The second-order valence-electron chi connectivity index (χ2n) is 6.58. The summed E-state index contributed by atoms with van der Waals surface area (Å²) in [4.78, 5) is 18.3. The van der Waals surface area contributed by atoms with Crippen molar-refractivity contribution in [2.24, 2.45) is 0 Å². The Labute approximate surface area is 151 Å². The maximum Gasteiger partial charge on any atom is 0.254 e. The molecule has 0 radical (unpaired) electrons. The van der Waals surface area contributed by atoms with Gasteiger partial charge in [0.05, 0.1) is 0 Å². The van der Waals surface area contributed by atoms with Crippen molar-refractivity contribution in [2.45, 2.75) is 19.4 Å². The highest BCUT2D eigenvalue weighted by molar-refractivity contribution is 7.09. The molecule has 0 N–H and O–H groups in total. The average molecular weight is 358 g/mol. The molecule has 3 heterocycles. The van der Waals surface area contributed by atoms with Crippen molar-refractivity contribution < 1.29 is 14.3 Å². The molecule has 0 spiro atoms. The number of thiophene rings is 1. The summed E-state index contributed by atoms with van der Waals surface area (Å²) in [5, 5.41) is 2.12. The first-order valence-corrected chi connectivity index (χ1v) is 9.51. The third-order valence-electron chi connectivity index (χ3n) is 4.77.